The number of fused-ring (bicyclic) bond motifs is 1. The molecule has 0 fully saturated rings. The van der Waals surface area contributed by atoms with E-state index in [-0.39, 0.29) is 39.8 Å². The topological polar surface area (TPSA) is 129 Å². The van der Waals surface area contributed by atoms with Crippen molar-refractivity contribution in [3.63, 3.8) is 0 Å². The minimum absolute atomic E-state index is 0. The summed E-state index contributed by atoms with van der Waals surface area (Å²) in [6.45, 7) is 3.86. The fourth-order valence-corrected chi connectivity index (χ4v) is 3.93. The molecule has 3 rings (SSSR count). The molecule has 0 aliphatic carbocycles. The minimum atomic E-state index is -1.40. The number of hydrogen-bond acceptors (Lipinski definition) is 5. The molecule has 0 aliphatic heterocycles. The summed E-state index contributed by atoms with van der Waals surface area (Å²) in [5.41, 5.74) is 4.11. The van der Waals surface area contributed by atoms with Crippen LogP contribution in [0.1, 0.15) is 16.8 Å². The highest BCUT2D eigenvalue weighted by atomic mass is 32.2. The summed E-state index contributed by atoms with van der Waals surface area (Å²) < 4.78 is 19.8. The van der Waals surface area contributed by atoms with E-state index in [0.29, 0.717) is 5.16 Å². The van der Waals surface area contributed by atoms with Gasteiger partial charge in [0, 0.05) is 40.4 Å². The Morgan fingerprint density at radius 1 is 1.15 bits per heavy atom. The molecule has 0 spiro atoms. The highest BCUT2D eigenvalue weighted by Crippen LogP contribution is 2.26. The van der Waals surface area contributed by atoms with Gasteiger partial charge < -0.3 is 20.5 Å². The molecule has 2 heterocycles. The second-order valence-corrected chi connectivity index (χ2v) is 6.74. The van der Waals surface area contributed by atoms with Gasteiger partial charge >= 0.3 is 0 Å². The van der Waals surface area contributed by atoms with E-state index in [2.05, 4.69) is 9.97 Å². The van der Waals surface area contributed by atoms with Crippen molar-refractivity contribution in [3.05, 3.63) is 47.3 Å². The average molecular weight is 406 g/mol. The predicted octanol–water partition coefficient (Wildman–Crippen LogP) is 0.393. The number of para-hydroxylation sites is 2. The summed E-state index contributed by atoms with van der Waals surface area (Å²) in [5, 5.41) is 0.374. The van der Waals surface area contributed by atoms with E-state index in [9.17, 15) is 4.21 Å². The second kappa shape index (κ2) is 10.6. The molecule has 2 radical (unpaired) electrons. The van der Waals surface area contributed by atoms with Gasteiger partial charge in [-0.2, -0.15) is 4.73 Å². The Morgan fingerprint density at radius 2 is 1.81 bits per heavy atom. The van der Waals surface area contributed by atoms with E-state index in [1.165, 1.54) is 11.8 Å². The van der Waals surface area contributed by atoms with E-state index in [4.69, 9.17) is 9.57 Å². The van der Waals surface area contributed by atoms with Crippen LogP contribution in [0.3, 0.4) is 0 Å². The standard InChI is InChI=1S/C17H19N3O3S.Mg.2H2O/c1-11-9-18-14(12(2)16(11)22-3)10-24(21)17-19-13-7-5-6-8-15(13)20(17)23-4;;;/h5-9H,10H2,1-4H3;;2*1H2. The number of rotatable bonds is 5. The first-order valence-corrected chi connectivity index (χ1v) is 8.78. The van der Waals surface area contributed by atoms with E-state index in [1.807, 2.05) is 38.1 Å². The fourth-order valence-electron chi connectivity index (χ4n) is 2.71. The van der Waals surface area contributed by atoms with Crippen LogP contribution >= 0.6 is 0 Å². The van der Waals surface area contributed by atoms with Crippen molar-refractivity contribution in [3.8, 4) is 5.75 Å². The van der Waals surface area contributed by atoms with Gasteiger partial charge in [-0.25, -0.2) is 4.98 Å². The zero-order valence-corrected chi connectivity index (χ0v) is 18.0. The molecule has 1 unspecified atom stereocenters. The first-order valence-electron chi connectivity index (χ1n) is 7.46. The Morgan fingerprint density at radius 3 is 2.44 bits per heavy atom. The molecule has 1 atom stereocenters. The average Bonchev–Trinajstić information content (AvgIpc) is 2.96. The van der Waals surface area contributed by atoms with E-state index >= 15 is 0 Å². The lowest BCUT2D eigenvalue weighted by Gasteiger charge is -2.12. The van der Waals surface area contributed by atoms with Crippen LogP contribution in [-0.4, -0.2) is 67.1 Å². The number of hydrogen-bond donors (Lipinski definition) is 0. The second-order valence-electron chi connectivity index (χ2n) is 5.40. The van der Waals surface area contributed by atoms with E-state index in [1.54, 1.807) is 13.3 Å². The number of imidazole rings is 1. The molecule has 10 heteroatoms. The van der Waals surface area contributed by atoms with Crippen molar-refractivity contribution in [2.24, 2.45) is 0 Å². The van der Waals surface area contributed by atoms with Gasteiger partial charge in [0.05, 0.1) is 34.9 Å². The number of aryl methyl sites for hydroxylation is 1. The minimum Gasteiger partial charge on any atom is -0.496 e. The maximum Gasteiger partial charge on any atom is 0.234 e. The van der Waals surface area contributed by atoms with Crippen molar-refractivity contribution in [1.82, 2.24) is 14.7 Å². The number of aromatic nitrogens is 3. The highest BCUT2D eigenvalue weighted by molar-refractivity contribution is 7.84. The molecule has 2 aromatic heterocycles. The van der Waals surface area contributed by atoms with Crippen LogP contribution in [0.5, 0.6) is 5.75 Å². The third kappa shape index (κ3) is 4.77. The van der Waals surface area contributed by atoms with Crippen LogP contribution < -0.4 is 9.57 Å². The zero-order valence-electron chi connectivity index (χ0n) is 15.8. The molecule has 27 heavy (non-hydrogen) atoms. The lowest BCUT2D eigenvalue weighted by Crippen LogP contribution is -2.13. The van der Waals surface area contributed by atoms with E-state index in [0.717, 1.165) is 33.6 Å². The summed E-state index contributed by atoms with van der Waals surface area (Å²) in [6, 6.07) is 7.52. The molecular formula is C17H23MgN3O5S. The smallest absolute Gasteiger partial charge is 0.234 e. The molecular weight excluding hydrogens is 383 g/mol. The molecule has 0 bridgehead atoms. The molecule has 0 saturated carbocycles. The SMILES string of the molecule is COc1c(C)cnc(CS(=O)c2nc3ccccc3n2OC)c1C.O.O.[Mg]. The van der Waals surface area contributed by atoms with Crippen molar-refractivity contribution < 1.29 is 24.7 Å². The first kappa shape index (κ1) is 25.3. The molecule has 0 amide bonds. The molecule has 0 aliphatic rings. The summed E-state index contributed by atoms with van der Waals surface area (Å²) in [5.74, 6) is 1.02. The Balaban J connectivity index is 0.00000225. The van der Waals surface area contributed by atoms with Crippen molar-refractivity contribution >= 4 is 44.9 Å². The summed E-state index contributed by atoms with van der Waals surface area (Å²) in [6.07, 6.45) is 1.73. The summed E-state index contributed by atoms with van der Waals surface area (Å²) >= 11 is 0. The summed E-state index contributed by atoms with van der Waals surface area (Å²) in [4.78, 5) is 14.2. The van der Waals surface area contributed by atoms with Gasteiger partial charge in [0.2, 0.25) is 5.16 Å². The van der Waals surface area contributed by atoms with Crippen molar-refractivity contribution in [2.75, 3.05) is 14.2 Å². The molecule has 8 nitrogen and oxygen atoms in total. The number of ether oxygens (including phenoxy) is 1. The molecule has 4 N–H and O–H groups in total. The predicted molar refractivity (Wildman–Crippen MR) is 106 cm³/mol. The maximum absolute atomic E-state index is 12.9. The monoisotopic (exact) mass is 405 g/mol. The van der Waals surface area contributed by atoms with Gasteiger partial charge in [-0.3, -0.25) is 9.19 Å². The van der Waals surface area contributed by atoms with E-state index < -0.39 is 10.8 Å². The number of benzene rings is 1. The van der Waals surface area contributed by atoms with Crippen LogP contribution in [0.2, 0.25) is 0 Å². The van der Waals surface area contributed by atoms with Gasteiger partial charge in [0.1, 0.15) is 18.4 Å². The van der Waals surface area contributed by atoms with Gasteiger partial charge in [-0.1, -0.05) is 12.1 Å². The Bertz CT molecular complexity index is 932. The quantitative estimate of drug-likeness (QED) is 0.567. The van der Waals surface area contributed by atoms with Gasteiger partial charge in [0.15, 0.2) is 0 Å². The molecule has 144 valence electrons. The zero-order chi connectivity index (χ0) is 17.3. The van der Waals surface area contributed by atoms with Crippen LogP contribution in [0.4, 0.5) is 0 Å². The van der Waals surface area contributed by atoms with Crippen molar-refractivity contribution in [2.45, 2.75) is 24.8 Å². The van der Waals surface area contributed by atoms with Gasteiger partial charge in [-0.15, -0.1) is 0 Å². The largest absolute Gasteiger partial charge is 0.496 e. The Labute approximate surface area is 176 Å². The van der Waals surface area contributed by atoms with Gasteiger partial charge in [-0.05, 0) is 26.0 Å². The lowest BCUT2D eigenvalue weighted by atomic mass is 10.1. The molecule has 0 saturated heterocycles. The third-order valence-corrected chi connectivity index (χ3v) is 5.09. The number of nitrogens with zero attached hydrogens (tertiary/aromatic N) is 3. The Kier molecular flexibility index (Phi) is 9.89. The maximum atomic E-state index is 12.9. The van der Waals surface area contributed by atoms with Crippen LogP contribution in [0, 0.1) is 13.8 Å². The number of pyridine rings is 1. The van der Waals surface area contributed by atoms with Crippen LogP contribution in [0.25, 0.3) is 11.0 Å². The Hall–Kier alpha value is -1.72. The lowest BCUT2D eigenvalue weighted by molar-refractivity contribution is 0.154. The summed E-state index contributed by atoms with van der Waals surface area (Å²) in [7, 11) is 1.76. The van der Waals surface area contributed by atoms with Gasteiger partial charge in [0.25, 0.3) is 0 Å². The third-order valence-electron chi connectivity index (χ3n) is 3.89. The first-order chi connectivity index (χ1) is 11.6. The van der Waals surface area contributed by atoms with Crippen molar-refractivity contribution in [1.29, 1.82) is 0 Å². The fraction of sp³-hybridized carbons (Fsp3) is 0.294. The highest BCUT2D eigenvalue weighted by Gasteiger charge is 2.20. The normalized spacial score (nSPS) is 11.0. The molecule has 1 aromatic carbocycles. The number of methoxy groups -OCH3 is 1. The van der Waals surface area contributed by atoms with Crippen LogP contribution in [0.15, 0.2) is 35.6 Å². The molecule has 3 aromatic rings. The van der Waals surface area contributed by atoms with Crippen LogP contribution in [-0.2, 0) is 16.6 Å².